The first kappa shape index (κ1) is 14.2. The second-order valence-electron chi connectivity index (χ2n) is 4.25. The molecule has 1 N–H and O–H groups in total. The van der Waals surface area contributed by atoms with Gasteiger partial charge in [-0.2, -0.15) is 0 Å². The molecule has 0 radical (unpaired) electrons. The van der Waals surface area contributed by atoms with Crippen LogP contribution in [0.15, 0.2) is 59.0 Å². The fourth-order valence-corrected chi connectivity index (χ4v) is 1.98. The summed E-state index contributed by atoms with van der Waals surface area (Å²) in [5.41, 5.74) is 1.62. The zero-order chi connectivity index (χ0) is 13.2. The summed E-state index contributed by atoms with van der Waals surface area (Å²) in [4.78, 5) is 0. The van der Waals surface area contributed by atoms with Crippen molar-refractivity contribution in [1.29, 1.82) is 0 Å². The normalized spacial score (nSPS) is 10.1. The molecule has 0 aliphatic carbocycles. The summed E-state index contributed by atoms with van der Waals surface area (Å²) in [5, 5.41) is 10.4. The summed E-state index contributed by atoms with van der Waals surface area (Å²) in [6, 6.07) is 16.6. The summed E-state index contributed by atoms with van der Waals surface area (Å²) < 4.78 is 10.9. The van der Waals surface area contributed by atoms with Gasteiger partial charge in [0.2, 0.25) is 0 Å². The van der Waals surface area contributed by atoms with E-state index in [-0.39, 0.29) is 18.2 Å². The Labute approximate surface area is 122 Å². The van der Waals surface area contributed by atoms with Gasteiger partial charge in [0.25, 0.3) is 0 Å². The zero-order valence-corrected chi connectivity index (χ0v) is 11.6. The monoisotopic (exact) mass is 288 g/mol. The van der Waals surface area contributed by atoms with E-state index in [1.807, 2.05) is 42.5 Å². The molecule has 0 amide bonds. The van der Waals surface area contributed by atoms with Gasteiger partial charge in [0.05, 0.1) is 24.1 Å². The van der Waals surface area contributed by atoms with Gasteiger partial charge in [-0.3, -0.25) is 0 Å². The molecule has 0 aliphatic rings. The van der Waals surface area contributed by atoms with E-state index in [2.05, 4.69) is 0 Å². The van der Waals surface area contributed by atoms with Crippen molar-refractivity contribution in [3.8, 4) is 22.8 Å². The molecule has 2 aromatic carbocycles. The number of phenols is 1. The molecule has 0 saturated carbocycles. The van der Waals surface area contributed by atoms with Gasteiger partial charge in [-0.1, -0.05) is 0 Å². The molecule has 3 aromatic rings. The van der Waals surface area contributed by atoms with E-state index in [9.17, 15) is 5.11 Å². The number of methoxy groups -OCH3 is 1. The van der Waals surface area contributed by atoms with Gasteiger partial charge in [0.1, 0.15) is 11.5 Å². The average Bonchev–Trinajstić information content (AvgIpc) is 2.46. The third-order valence-corrected chi connectivity index (χ3v) is 3.01. The highest BCUT2D eigenvalue weighted by atomic mass is 35.5. The summed E-state index contributed by atoms with van der Waals surface area (Å²) >= 11 is 0. The molecular formula is C16H13ClO3. The van der Waals surface area contributed by atoms with E-state index in [4.69, 9.17) is 9.15 Å². The van der Waals surface area contributed by atoms with E-state index >= 15 is 0 Å². The SMILES string of the molecule is COc1ccc(-c2ccc3ccc(O)cc3[o+]2)cc1.[Cl-]. The molecule has 0 bridgehead atoms. The Morgan fingerprint density at radius 2 is 1.65 bits per heavy atom. The lowest BCUT2D eigenvalue weighted by Gasteiger charge is -1.98. The minimum atomic E-state index is 0. The molecule has 20 heavy (non-hydrogen) atoms. The number of hydrogen-bond acceptors (Lipinski definition) is 2. The van der Waals surface area contributed by atoms with Gasteiger partial charge in [0, 0.05) is 6.07 Å². The van der Waals surface area contributed by atoms with Crippen LogP contribution in [0.4, 0.5) is 0 Å². The summed E-state index contributed by atoms with van der Waals surface area (Å²) in [6.07, 6.45) is 0. The molecule has 0 unspecified atom stereocenters. The molecule has 3 nitrogen and oxygen atoms in total. The van der Waals surface area contributed by atoms with Gasteiger partial charge in [0.15, 0.2) is 0 Å². The van der Waals surface area contributed by atoms with E-state index in [0.717, 1.165) is 22.5 Å². The second kappa shape index (κ2) is 5.80. The van der Waals surface area contributed by atoms with Crippen LogP contribution in [0.25, 0.3) is 22.3 Å². The number of fused-ring (bicyclic) bond motifs is 1. The fraction of sp³-hybridized carbons (Fsp3) is 0.0625. The van der Waals surface area contributed by atoms with Crippen LogP contribution in [-0.4, -0.2) is 12.2 Å². The van der Waals surface area contributed by atoms with Crippen molar-refractivity contribution in [2.45, 2.75) is 0 Å². The van der Waals surface area contributed by atoms with Crippen molar-refractivity contribution < 1.29 is 26.7 Å². The molecule has 0 aliphatic heterocycles. The van der Waals surface area contributed by atoms with Crippen LogP contribution < -0.4 is 17.1 Å². The lowest BCUT2D eigenvalue weighted by Crippen LogP contribution is -3.00. The number of halogens is 1. The van der Waals surface area contributed by atoms with Gasteiger partial charge in [-0.25, -0.2) is 4.42 Å². The largest absolute Gasteiger partial charge is 1.00 e. The van der Waals surface area contributed by atoms with Crippen LogP contribution >= 0.6 is 0 Å². The number of rotatable bonds is 2. The minimum absolute atomic E-state index is 0. The number of benzene rings is 2. The number of ether oxygens (including phenoxy) is 1. The van der Waals surface area contributed by atoms with Crippen molar-refractivity contribution in [3.63, 3.8) is 0 Å². The van der Waals surface area contributed by atoms with Gasteiger partial charge in [-0.05, 0) is 42.5 Å². The third kappa shape index (κ3) is 2.68. The summed E-state index contributed by atoms with van der Waals surface area (Å²) in [7, 11) is 1.64. The third-order valence-electron chi connectivity index (χ3n) is 3.01. The number of phenolic OH excluding ortho intramolecular Hbond substituents is 1. The van der Waals surface area contributed by atoms with Crippen LogP contribution in [0.5, 0.6) is 11.5 Å². The minimum Gasteiger partial charge on any atom is -1.00 e. The van der Waals surface area contributed by atoms with Crippen molar-refractivity contribution >= 4 is 11.0 Å². The molecule has 4 heteroatoms. The molecule has 0 saturated heterocycles. The van der Waals surface area contributed by atoms with E-state index in [1.54, 1.807) is 19.2 Å². The van der Waals surface area contributed by atoms with Crippen molar-refractivity contribution in [1.82, 2.24) is 0 Å². The Morgan fingerprint density at radius 3 is 2.35 bits per heavy atom. The smallest absolute Gasteiger partial charge is 0.364 e. The maximum absolute atomic E-state index is 9.48. The number of hydrogen-bond donors (Lipinski definition) is 1. The molecule has 1 heterocycles. The van der Waals surface area contributed by atoms with Gasteiger partial charge in [-0.15, -0.1) is 0 Å². The van der Waals surface area contributed by atoms with Crippen LogP contribution in [0, 0.1) is 0 Å². The Hall–Kier alpha value is -2.26. The maximum Gasteiger partial charge on any atom is 0.364 e. The Balaban J connectivity index is 0.00000147. The molecule has 102 valence electrons. The Kier molecular flexibility index (Phi) is 4.11. The van der Waals surface area contributed by atoms with Crippen LogP contribution in [0.1, 0.15) is 0 Å². The Morgan fingerprint density at radius 1 is 0.950 bits per heavy atom. The first-order valence-electron chi connectivity index (χ1n) is 5.96. The van der Waals surface area contributed by atoms with E-state index < -0.39 is 0 Å². The molecule has 0 atom stereocenters. The average molecular weight is 289 g/mol. The second-order valence-corrected chi connectivity index (χ2v) is 4.25. The Bertz CT molecular complexity index is 723. The highest BCUT2D eigenvalue weighted by Crippen LogP contribution is 2.27. The fourth-order valence-electron chi connectivity index (χ4n) is 1.98. The predicted octanol–water partition coefficient (Wildman–Crippen LogP) is 1.10. The molecule has 0 fully saturated rings. The molecule has 3 rings (SSSR count). The maximum atomic E-state index is 9.48. The van der Waals surface area contributed by atoms with E-state index in [0.29, 0.717) is 5.58 Å². The van der Waals surface area contributed by atoms with Gasteiger partial charge >= 0.3 is 11.3 Å². The van der Waals surface area contributed by atoms with Crippen molar-refractivity contribution in [3.05, 3.63) is 54.6 Å². The highest BCUT2D eigenvalue weighted by Gasteiger charge is 2.14. The lowest BCUT2D eigenvalue weighted by molar-refractivity contribution is -0.00000562. The van der Waals surface area contributed by atoms with Crippen molar-refractivity contribution in [2.24, 2.45) is 0 Å². The molecular weight excluding hydrogens is 276 g/mol. The summed E-state index contributed by atoms with van der Waals surface area (Å²) in [5.74, 6) is 1.76. The highest BCUT2D eigenvalue weighted by molar-refractivity contribution is 5.80. The molecule has 1 aromatic heterocycles. The zero-order valence-electron chi connectivity index (χ0n) is 10.8. The quantitative estimate of drug-likeness (QED) is 0.718. The van der Waals surface area contributed by atoms with Crippen LogP contribution in [0.2, 0.25) is 0 Å². The van der Waals surface area contributed by atoms with E-state index in [1.165, 1.54) is 0 Å². The topological polar surface area (TPSA) is 40.8 Å². The van der Waals surface area contributed by atoms with Crippen molar-refractivity contribution in [2.75, 3.05) is 7.11 Å². The predicted molar refractivity (Wildman–Crippen MR) is 74.3 cm³/mol. The number of aromatic hydroxyl groups is 1. The van der Waals surface area contributed by atoms with Crippen LogP contribution in [0.3, 0.4) is 0 Å². The first-order chi connectivity index (χ1) is 9.26. The summed E-state index contributed by atoms with van der Waals surface area (Å²) in [6.45, 7) is 0. The standard InChI is InChI=1S/C16H12O3.ClH/c1-18-14-7-3-11(4-8-14)15-9-5-12-2-6-13(17)10-16(12)19-15;/h2-10H,1H3;1H. The van der Waals surface area contributed by atoms with Crippen LogP contribution in [-0.2, 0) is 0 Å². The van der Waals surface area contributed by atoms with Gasteiger partial charge < -0.3 is 22.3 Å². The molecule has 0 spiro atoms. The first-order valence-corrected chi connectivity index (χ1v) is 5.96. The lowest BCUT2D eigenvalue weighted by atomic mass is 10.1.